The Balaban J connectivity index is 0.000000191. The molecule has 15 rings (SSSR count). The fraction of sp³-hybridized carbons (Fsp3) is 0.653. The molecule has 0 aromatic carbocycles. The minimum absolute atomic E-state index is 0. The second-order valence-electron chi connectivity index (χ2n) is 39.8. The van der Waals surface area contributed by atoms with Gasteiger partial charge in [-0.05, 0) is 218 Å². The first-order valence-corrected chi connectivity index (χ1v) is 45.2. The fourth-order valence-corrected chi connectivity index (χ4v) is 16.0. The number of morpholine rings is 2. The lowest BCUT2D eigenvalue weighted by atomic mass is 9.88. The molecule has 0 N–H and O–H groups in total. The highest BCUT2D eigenvalue weighted by Gasteiger charge is 2.32. The van der Waals surface area contributed by atoms with Gasteiger partial charge in [0, 0.05) is 161 Å². The molecule has 0 spiro atoms. The SMILES string of the molecule is C.C.CC(C)(C)c1ccc(N2CCCCC2)nc1.CC(C)(C)c1ccc(N2CCCCC2)nc1.CC(C)(C)c1ccc(N2CCN3CCCC3C2)nc1.CC(C)c1ccc(N2CCCC2)nc1.CCN1CCN(c2ccc(C(C)C)cn2)CC1.C[C@@H]1CN(c2ccc(C(C)(C)C)cn2)CCO1.C[C@@H]1CN(c2ccc(C(C)(C)C)cn2)C[C@H](C)O1. The summed E-state index contributed by atoms with van der Waals surface area (Å²) in [6.45, 7) is 72.7. The van der Waals surface area contributed by atoms with Crippen molar-refractivity contribution < 1.29 is 9.47 Å². The van der Waals surface area contributed by atoms with E-state index in [1.54, 1.807) is 0 Å². The lowest BCUT2D eigenvalue weighted by Gasteiger charge is -2.38. The standard InChI is InChI=1S/C16H25N3.C15H24N2O.C14H23N3.C14H22N2O.2C14H22N2.C12H18N2.2CH4/c1-16(2,3)13-6-7-15(17-11-13)19-10-9-18-8-4-5-14(18)12-19;1-11-9-17(10-12(2)18-11)14-7-6-13(8-16-14)15(3,4)5;1-4-16-7-9-17(10-8-16)14-6-5-13(11-15-14)12(2)3;1-11-10-16(7-8-17-11)13-6-5-12(9-15-13)14(2,3)4;2*1-14(2,3)12-7-8-13(15-11-12)16-9-5-4-6-10-16;1-10(2)11-5-6-12(13-9-11)14-7-3-4-8-14;;/h6-7,11,14H,4-5,8-10,12H2,1-3H3;6-8,11-12H,9-10H2,1-5H3;5-6,11-12H,4,7-10H2,1-3H3;5-6,9,11H,7-8,10H2,1-4H3;2*7-8,11H,4-6,9-10H2,1-3H3;5-6,9-10H,3-4,7-8H2,1-2H3;2*1H4/t;11-,12+;;11-;;;;;/m...1...../s1. The van der Waals surface area contributed by atoms with E-state index in [0.717, 1.165) is 125 Å². The van der Waals surface area contributed by atoms with Crippen molar-refractivity contribution >= 4 is 40.7 Å². The number of rotatable bonds is 10. The average molecular weight is 1630 g/mol. The van der Waals surface area contributed by atoms with Crippen LogP contribution in [0.1, 0.15) is 289 Å². The van der Waals surface area contributed by atoms with Crippen molar-refractivity contribution in [1.82, 2.24) is 44.7 Å². The third-order valence-electron chi connectivity index (χ3n) is 24.1. The van der Waals surface area contributed by atoms with E-state index in [1.165, 1.54) is 156 Å². The summed E-state index contributed by atoms with van der Waals surface area (Å²) in [5, 5.41) is 0. The van der Waals surface area contributed by atoms with Gasteiger partial charge in [-0.1, -0.05) is 196 Å². The van der Waals surface area contributed by atoms with E-state index in [0.29, 0.717) is 17.9 Å². The predicted molar refractivity (Wildman–Crippen MR) is 509 cm³/mol. The molecule has 0 bridgehead atoms. The van der Waals surface area contributed by atoms with E-state index >= 15 is 0 Å². The second kappa shape index (κ2) is 46.1. The van der Waals surface area contributed by atoms with Gasteiger partial charge >= 0.3 is 0 Å². The molecule has 8 saturated heterocycles. The molecule has 15 heterocycles. The maximum atomic E-state index is 5.75. The Hall–Kier alpha value is -7.51. The summed E-state index contributed by atoms with van der Waals surface area (Å²) in [5.74, 6) is 8.98. The molecule has 4 atom stereocenters. The summed E-state index contributed by atoms with van der Waals surface area (Å²) in [7, 11) is 0. The molecule has 18 nitrogen and oxygen atoms in total. The number of hydrogen-bond acceptors (Lipinski definition) is 18. The molecule has 660 valence electrons. The van der Waals surface area contributed by atoms with Crippen LogP contribution in [0, 0.1) is 0 Å². The molecule has 0 amide bonds. The topological polar surface area (TPSA) is 138 Å². The summed E-state index contributed by atoms with van der Waals surface area (Å²) in [6.07, 6.45) is 28.3. The van der Waals surface area contributed by atoms with Crippen molar-refractivity contribution in [3.63, 3.8) is 0 Å². The number of piperazine rings is 2. The normalized spacial score (nSPS) is 20.1. The number of anilines is 7. The third-order valence-corrected chi connectivity index (χ3v) is 24.1. The quantitative estimate of drug-likeness (QED) is 0.128. The second-order valence-corrected chi connectivity index (χ2v) is 39.8. The largest absolute Gasteiger partial charge is 0.375 e. The number of aromatic nitrogens is 7. The maximum absolute atomic E-state index is 5.75. The Bertz CT molecular complexity index is 3850. The predicted octanol–water partition coefficient (Wildman–Crippen LogP) is 21.4. The van der Waals surface area contributed by atoms with Crippen LogP contribution >= 0.6 is 0 Å². The average Bonchev–Trinajstić information content (AvgIpc) is 1.69. The molecular weight excluding hydrogens is 1470 g/mol. The van der Waals surface area contributed by atoms with Crippen LogP contribution in [0.15, 0.2) is 128 Å². The van der Waals surface area contributed by atoms with Crippen molar-refractivity contribution in [3.05, 3.63) is 167 Å². The van der Waals surface area contributed by atoms with Gasteiger partial charge in [0.15, 0.2) is 0 Å². The van der Waals surface area contributed by atoms with Crippen LogP contribution in [0.5, 0.6) is 0 Å². The van der Waals surface area contributed by atoms with Gasteiger partial charge in [-0.15, -0.1) is 0 Å². The van der Waals surface area contributed by atoms with Crippen LogP contribution in [0.3, 0.4) is 0 Å². The zero-order chi connectivity index (χ0) is 84.7. The number of fused-ring (bicyclic) bond motifs is 1. The van der Waals surface area contributed by atoms with E-state index in [2.05, 4.69) is 324 Å². The number of nitrogens with zero attached hydrogens (tertiary/aromatic N) is 16. The summed E-state index contributed by atoms with van der Waals surface area (Å²) < 4.78 is 11.3. The maximum Gasteiger partial charge on any atom is 0.128 e. The van der Waals surface area contributed by atoms with Gasteiger partial charge in [0.2, 0.25) is 0 Å². The molecule has 7 aromatic heterocycles. The Labute approximate surface area is 724 Å². The lowest BCUT2D eigenvalue weighted by molar-refractivity contribution is -0.00546. The van der Waals surface area contributed by atoms with Crippen molar-refractivity contribution in [2.24, 2.45) is 0 Å². The molecule has 8 fully saturated rings. The minimum Gasteiger partial charge on any atom is -0.375 e. The van der Waals surface area contributed by atoms with Crippen molar-refractivity contribution in [3.8, 4) is 0 Å². The molecule has 0 aliphatic carbocycles. The highest BCUT2D eigenvalue weighted by molar-refractivity contribution is 5.47. The molecule has 1 unspecified atom stereocenters. The van der Waals surface area contributed by atoms with Crippen molar-refractivity contribution in [1.29, 1.82) is 0 Å². The molecular formula is C101H164N16O2. The molecule has 0 radical (unpaired) electrons. The van der Waals surface area contributed by atoms with Crippen molar-refractivity contribution in [2.45, 2.75) is 302 Å². The number of likely N-dealkylation sites (N-methyl/N-ethyl adjacent to an activating group) is 1. The third kappa shape index (κ3) is 31.1. The monoisotopic (exact) mass is 1630 g/mol. The van der Waals surface area contributed by atoms with Gasteiger partial charge in [0.05, 0.1) is 24.9 Å². The van der Waals surface area contributed by atoms with Crippen LogP contribution in [0.4, 0.5) is 40.7 Å². The zero-order valence-electron chi connectivity index (χ0n) is 77.3. The van der Waals surface area contributed by atoms with E-state index < -0.39 is 0 Å². The Morgan fingerprint density at radius 2 is 0.605 bits per heavy atom. The van der Waals surface area contributed by atoms with Crippen LogP contribution in [0.25, 0.3) is 0 Å². The van der Waals surface area contributed by atoms with Gasteiger partial charge in [-0.25, -0.2) is 34.9 Å². The molecule has 18 heteroatoms. The van der Waals surface area contributed by atoms with Gasteiger partial charge < -0.3 is 48.7 Å². The number of pyridine rings is 7. The molecule has 7 aromatic rings. The molecule has 8 aliphatic rings. The van der Waals surface area contributed by atoms with E-state index in [9.17, 15) is 0 Å². The fourth-order valence-electron chi connectivity index (χ4n) is 16.0. The molecule has 0 saturated carbocycles. The van der Waals surface area contributed by atoms with Crippen LogP contribution in [-0.4, -0.2) is 200 Å². The Kier molecular flexibility index (Phi) is 38.2. The number of hydrogen-bond donors (Lipinski definition) is 0. The van der Waals surface area contributed by atoms with Gasteiger partial charge in [0.1, 0.15) is 40.7 Å². The lowest BCUT2D eigenvalue weighted by Crippen LogP contribution is -2.50. The molecule has 119 heavy (non-hydrogen) atoms. The number of ether oxygens (including phenoxy) is 2. The van der Waals surface area contributed by atoms with Crippen LogP contribution in [0.2, 0.25) is 0 Å². The molecule has 8 aliphatic heterocycles. The summed E-state index contributed by atoms with van der Waals surface area (Å²) >= 11 is 0. The Morgan fingerprint density at radius 1 is 0.311 bits per heavy atom. The zero-order valence-corrected chi connectivity index (χ0v) is 77.3. The van der Waals surface area contributed by atoms with Crippen LogP contribution < -0.4 is 34.3 Å². The first-order valence-electron chi connectivity index (χ1n) is 45.2. The summed E-state index contributed by atoms with van der Waals surface area (Å²) in [4.78, 5) is 53.9. The van der Waals surface area contributed by atoms with E-state index in [1.807, 2.05) is 37.2 Å². The van der Waals surface area contributed by atoms with E-state index in [-0.39, 0.29) is 54.1 Å². The first kappa shape index (κ1) is 98.6. The summed E-state index contributed by atoms with van der Waals surface area (Å²) in [6, 6.07) is 31.3. The van der Waals surface area contributed by atoms with E-state index in [4.69, 9.17) is 14.5 Å². The smallest absolute Gasteiger partial charge is 0.128 e. The summed E-state index contributed by atoms with van der Waals surface area (Å²) in [5.41, 5.74) is 10.1. The highest BCUT2D eigenvalue weighted by Crippen LogP contribution is 2.32. The minimum atomic E-state index is 0. The highest BCUT2D eigenvalue weighted by atomic mass is 16.5. The van der Waals surface area contributed by atoms with Crippen molar-refractivity contribution in [2.75, 3.05) is 165 Å². The first-order chi connectivity index (χ1) is 55.5. The van der Waals surface area contributed by atoms with Gasteiger partial charge in [0.25, 0.3) is 0 Å². The van der Waals surface area contributed by atoms with Gasteiger partial charge in [-0.3, -0.25) is 4.90 Å². The Morgan fingerprint density at radius 3 is 0.908 bits per heavy atom. The van der Waals surface area contributed by atoms with Gasteiger partial charge in [-0.2, -0.15) is 0 Å². The van der Waals surface area contributed by atoms with Crippen LogP contribution in [-0.2, 0) is 36.5 Å². The number of piperidine rings is 2.